The van der Waals surface area contributed by atoms with Crippen molar-refractivity contribution in [1.29, 1.82) is 0 Å². The Morgan fingerprint density at radius 3 is 3.10 bits per heavy atom. The molecule has 0 radical (unpaired) electrons. The van der Waals surface area contributed by atoms with Gasteiger partial charge in [0.2, 0.25) is 0 Å². The highest BCUT2D eigenvalue weighted by Crippen LogP contribution is 2.00. The Kier molecular flexibility index (Phi) is 3.02. The molecule has 1 unspecified atom stereocenters. The predicted octanol–water partition coefficient (Wildman–Crippen LogP) is 0.531. The number of nitrogens with zero attached hydrogens (tertiary/aromatic N) is 1. The van der Waals surface area contributed by atoms with Crippen LogP contribution in [0.2, 0.25) is 0 Å². The Morgan fingerprint density at radius 2 is 2.60 bits per heavy atom. The largest absolute Gasteiger partial charge is 0.375 e. The van der Waals surface area contributed by atoms with Crippen molar-refractivity contribution in [3.05, 3.63) is 0 Å². The quantitative estimate of drug-likeness (QED) is 0.592. The van der Waals surface area contributed by atoms with Crippen molar-refractivity contribution in [2.45, 2.75) is 13.3 Å². The first-order valence-electron chi connectivity index (χ1n) is 3.35. The molecule has 0 saturated carbocycles. The molecule has 4 heteroatoms. The molecule has 1 fully saturated rings. The maximum absolute atomic E-state index is 10.8. The predicted molar refractivity (Wildman–Crippen MR) is 41.6 cm³/mol. The van der Waals surface area contributed by atoms with E-state index >= 15 is 0 Å². The van der Waals surface area contributed by atoms with Crippen LogP contribution >= 0.6 is 0 Å². The lowest BCUT2D eigenvalue weighted by Gasteiger charge is -1.90. The van der Waals surface area contributed by atoms with Gasteiger partial charge in [0.05, 0.1) is 18.9 Å². The van der Waals surface area contributed by atoms with Crippen molar-refractivity contribution in [2.75, 3.05) is 19.0 Å². The molecule has 0 bridgehead atoms. The van der Waals surface area contributed by atoms with Gasteiger partial charge in [-0.05, 0) is 0 Å². The van der Waals surface area contributed by atoms with Gasteiger partial charge in [-0.3, -0.25) is 0 Å². The van der Waals surface area contributed by atoms with E-state index in [-0.39, 0.29) is 0 Å². The van der Waals surface area contributed by atoms with Crippen molar-refractivity contribution in [3.63, 3.8) is 0 Å². The third-order valence-corrected chi connectivity index (χ3v) is 2.24. The van der Waals surface area contributed by atoms with Crippen LogP contribution in [0.25, 0.3) is 0 Å². The molecule has 58 valence electrons. The third kappa shape index (κ3) is 2.19. The topological polar surface area (TPSA) is 38.7 Å². The summed E-state index contributed by atoms with van der Waals surface area (Å²) in [6, 6.07) is 0. The molecule has 0 aromatic carbocycles. The molecular weight excluding hydrogens is 150 g/mol. The second-order valence-corrected chi connectivity index (χ2v) is 3.47. The van der Waals surface area contributed by atoms with Gasteiger partial charge >= 0.3 is 0 Å². The van der Waals surface area contributed by atoms with Crippen LogP contribution in [0.15, 0.2) is 4.40 Å². The summed E-state index contributed by atoms with van der Waals surface area (Å²) in [7, 11) is -1.01. The summed E-state index contributed by atoms with van der Waals surface area (Å²) in [5.41, 5.74) is 0.945. The van der Waals surface area contributed by atoms with E-state index in [0.717, 1.165) is 18.7 Å². The zero-order chi connectivity index (χ0) is 7.40. The molecular formula is C6H11NO2S. The first-order chi connectivity index (χ1) is 4.83. The zero-order valence-corrected chi connectivity index (χ0v) is 6.82. The molecule has 0 spiro atoms. The van der Waals surface area contributed by atoms with E-state index in [0.29, 0.717) is 12.4 Å². The van der Waals surface area contributed by atoms with Crippen LogP contribution in [0.5, 0.6) is 0 Å². The highest BCUT2D eigenvalue weighted by atomic mass is 32.2. The molecule has 0 amide bonds. The number of hydrogen-bond acceptors (Lipinski definition) is 2. The fourth-order valence-electron chi connectivity index (χ4n) is 0.733. The van der Waals surface area contributed by atoms with Crippen LogP contribution < -0.4 is 0 Å². The van der Waals surface area contributed by atoms with Gasteiger partial charge in [-0.15, -0.1) is 0 Å². The first-order valence-corrected chi connectivity index (χ1v) is 4.63. The van der Waals surface area contributed by atoms with Crippen LogP contribution in [0.4, 0.5) is 0 Å². The minimum Gasteiger partial charge on any atom is -0.375 e. The third-order valence-electron chi connectivity index (χ3n) is 1.28. The molecule has 1 aliphatic heterocycles. The lowest BCUT2D eigenvalue weighted by molar-refractivity contribution is 0.209. The van der Waals surface area contributed by atoms with E-state index in [1.165, 1.54) is 0 Å². The van der Waals surface area contributed by atoms with Gasteiger partial charge in [0.1, 0.15) is 11.0 Å². The first kappa shape index (κ1) is 7.88. The lowest BCUT2D eigenvalue weighted by atomic mass is 10.3. The molecule has 0 aliphatic carbocycles. The van der Waals surface area contributed by atoms with Crippen LogP contribution in [0.3, 0.4) is 0 Å². The Labute approximate surface area is 63.1 Å². The highest BCUT2D eigenvalue weighted by molar-refractivity contribution is 7.83. The number of hydrogen-bond donors (Lipinski definition) is 0. The van der Waals surface area contributed by atoms with Crippen molar-refractivity contribution < 1.29 is 8.95 Å². The van der Waals surface area contributed by atoms with Crippen molar-refractivity contribution in [3.8, 4) is 0 Å². The molecule has 1 rings (SSSR count). The van der Waals surface area contributed by atoms with E-state index in [1.807, 2.05) is 6.92 Å². The molecule has 1 atom stereocenters. The second kappa shape index (κ2) is 3.83. The summed E-state index contributed by atoms with van der Waals surface area (Å²) in [5.74, 6) is 0.601. The summed E-state index contributed by atoms with van der Waals surface area (Å²) in [6.07, 6.45) is 0.853. The molecule has 3 nitrogen and oxygen atoms in total. The van der Waals surface area contributed by atoms with Crippen LogP contribution in [0, 0.1) is 0 Å². The molecule has 0 N–H and O–H groups in total. The van der Waals surface area contributed by atoms with Gasteiger partial charge in [0, 0.05) is 12.2 Å². The highest BCUT2D eigenvalue weighted by Gasteiger charge is 2.08. The summed E-state index contributed by atoms with van der Waals surface area (Å²) in [4.78, 5) is 0. The SMILES string of the molecule is CCS(=O)/N=C1/CCOC1. The van der Waals surface area contributed by atoms with Gasteiger partial charge in [0.25, 0.3) is 0 Å². The van der Waals surface area contributed by atoms with Gasteiger partial charge in [-0.25, -0.2) is 4.21 Å². The molecule has 1 aliphatic rings. The standard InChI is InChI=1S/C6H11NO2S/c1-2-10(8)7-6-3-4-9-5-6/h2-5H2,1H3/b7-6-. The van der Waals surface area contributed by atoms with Gasteiger partial charge in [0.15, 0.2) is 0 Å². The van der Waals surface area contributed by atoms with E-state index in [1.54, 1.807) is 0 Å². The van der Waals surface area contributed by atoms with E-state index < -0.39 is 11.0 Å². The second-order valence-electron chi connectivity index (χ2n) is 2.07. The van der Waals surface area contributed by atoms with E-state index in [2.05, 4.69) is 4.40 Å². The van der Waals surface area contributed by atoms with Crippen molar-refractivity contribution in [2.24, 2.45) is 4.40 Å². The normalized spacial score (nSPS) is 25.5. The molecule has 0 aromatic rings. The minimum absolute atomic E-state index is 0.575. The van der Waals surface area contributed by atoms with E-state index in [9.17, 15) is 4.21 Å². The smallest absolute Gasteiger partial charge is 0.139 e. The number of rotatable bonds is 2. The Bertz CT molecular complexity index is 159. The van der Waals surface area contributed by atoms with Crippen LogP contribution in [-0.4, -0.2) is 28.9 Å². The maximum atomic E-state index is 10.8. The van der Waals surface area contributed by atoms with Gasteiger partial charge in [-0.2, -0.15) is 4.40 Å². The molecule has 10 heavy (non-hydrogen) atoms. The van der Waals surface area contributed by atoms with Gasteiger partial charge in [-0.1, -0.05) is 6.92 Å². The molecule has 1 saturated heterocycles. The molecule has 1 heterocycles. The summed E-state index contributed by atoms with van der Waals surface area (Å²) < 4.78 is 19.8. The average molecular weight is 161 g/mol. The van der Waals surface area contributed by atoms with Crippen LogP contribution in [0.1, 0.15) is 13.3 Å². The molecule has 0 aromatic heterocycles. The van der Waals surface area contributed by atoms with Crippen LogP contribution in [-0.2, 0) is 15.7 Å². The monoisotopic (exact) mass is 161 g/mol. The lowest BCUT2D eigenvalue weighted by Crippen LogP contribution is -1.99. The Hall–Kier alpha value is -0.220. The van der Waals surface area contributed by atoms with Gasteiger partial charge < -0.3 is 4.74 Å². The van der Waals surface area contributed by atoms with Crippen molar-refractivity contribution >= 4 is 16.7 Å². The fourth-order valence-corrected chi connectivity index (χ4v) is 1.29. The Morgan fingerprint density at radius 1 is 1.80 bits per heavy atom. The summed E-state index contributed by atoms with van der Waals surface area (Å²) >= 11 is 0. The zero-order valence-electron chi connectivity index (χ0n) is 6.00. The van der Waals surface area contributed by atoms with Crippen molar-refractivity contribution in [1.82, 2.24) is 0 Å². The van der Waals surface area contributed by atoms with E-state index in [4.69, 9.17) is 4.74 Å². The summed E-state index contributed by atoms with van der Waals surface area (Å²) in [5, 5.41) is 0. The summed E-state index contributed by atoms with van der Waals surface area (Å²) in [6.45, 7) is 3.17. The minimum atomic E-state index is -1.01. The number of ether oxygens (including phenoxy) is 1. The fraction of sp³-hybridized carbons (Fsp3) is 0.833. The average Bonchev–Trinajstić information content (AvgIpc) is 2.40. The maximum Gasteiger partial charge on any atom is 0.139 e. The Balaban J connectivity index is 2.45.